The Morgan fingerprint density at radius 3 is 2.90 bits per heavy atom. The first-order valence-electron chi connectivity index (χ1n) is 9.46. The van der Waals surface area contributed by atoms with Crippen molar-refractivity contribution in [2.75, 3.05) is 6.61 Å². The highest BCUT2D eigenvalue weighted by atomic mass is 16.6. The van der Waals surface area contributed by atoms with Crippen molar-refractivity contribution >= 4 is 28.8 Å². The summed E-state index contributed by atoms with van der Waals surface area (Å²) in [6, 6.07) is 8.72. The SMILES string of the molecule is O=C(COc1ccc2oc3c(c2c1)CCCC3)N/N=C\c1cc([N+](=O)[O-])ccc1[O-]. The molecule has 0 spiro atoms. The second-order valence-electron chi connectivity index (χ2n) is 6.93. The van der Waals surface area contributed by atoms with Crippen LogP contribution in [0.25, 0.3) is 11.0 Å². The molecule has 1 heterocycles. The number of hydrazone groups is 1. The molecule has 0 aliphatic heterocycles. The number of hydrogen-bond donors (Lipinski definition) is 1. The normalized spacial score (nSPS) is 13.3. The Labute approximate surface area is 171 Å². The van der Waals surface area contributed by atoms with Gasteiger partial charge >= 0.3 is 0 Å². The van der Waals surface area contributed by atoms with E-state index in [0.717, 1.165) is 66.8 Å². The van der Waals surface area contributed by atoms with E-state index < -0.39 is 16.6 Å². The number of carbonyl (C=O) groups excluding carboxylic acids is 1. The lowest BCUT2D eigenvalue weighted by atomic mass is 9.96. The number of fused-ring (bicyclic) bond motifs is 3. The number of aryl methyl sites for hydroxylation is 2. The van der Waals surface area contributed by atoms with Crippen molar-refractivity contribution in [2.45, 2.75) is 25.7 Å². The maximum absolute atomic E-state index is 12.0. The van der Waals surface area contributed by atoms with Crippen LogP contribution in [0, 0.1) is 10.1 Å². The molecule has 0 fully saturated rings. The van der Waals surface area contributed by atoms with Crippen LogP contribution in [0.15, 0.2) is 45.9 Å². The summed E-state index contributed by atoms with van der Waals surface area (Å²) in [6.07, 6.45) is 5.23. The van der Waals surface area contributed by atoms with Gasteiger partial charge in [0.05, 0.1) is 11.1 Å². The van der Waals surface area contributed by atoms with Crippen molar-refractivity contribution in [3.63, 3.8) is 0 Å². The van der Waals surface area contributed by atoms with Crippen LogP contribution in [0.5, 0.6) is 11.5 Å². The number of nitrogens with one attached hydrogen (secondary N) is 1. The zero-order valence-electron chi connectivity index (χ0n) is 15.9. The molecule has 4 rings (SSSR count). The van der Waals surface area contributed by atoms with E-state index in [1.807, 2.05) is 12.1 Å². The van der Waals surface area contributed by atoms with E-state index in [0.29, 0.717) is 5.75 Å². The van der Waals surface area contributed by atoms with Gasteiger partial charge in [-0.3, -0.25) is 14.9 Å². The molecular weight excluding hydrogens is 390 g/mol. The third-order valence-electron chi connectivity index (χ3n) is 4.89. The van der Waals surface area contributed by atoms with E-state index in [9.17, 15) is 20.0 Å². The van der Waals surface area contributed by atoms with E-state index in [1.54, 1.807) is 6.07 Å². The predicted molar refractivity (Wildman–Crippen MR) is 107 cm³/mol. The predicted octanol–water partition coefficient (Wildman–Crippen LogP) is 2.82. The van der Waals surface area contributed by atoms with E-state index in [2.05, 4.69) is 10.5 Å². The molecule has 30 heavy (non-hydrogen) atoms. The zero-order valence-corrected chi connectivity index (χ0v) is 15.9. The monoisotopic (exact) mass is 408 g/mol. The highest BCUT2D eigenvalue weighted by Gasteiger charge is 2.18. The van der Waals surface area contributed by atoms with Crippen LogP contribution in [0.1, 0.15) is 29.7 Å². The molecule has 9 heteroatoms. The summed E-state index contributed by atoms with van der Waals surface area (Å²) in [6.45, 7) is -0.276. The lowest BCUT2D eigenvalue weighted by molar-refractivity contribution is -0.385. The standard InChI is InChI=1S/C21H19N3O6/c25-18-7-5-14(24(27)28)9-13(18)11-22-23-21(26)12-29-15-6-8-20-17(10-15)16-3-1-2-4-19(16)30-20/h5-11,25H,1-4,12H2,(H,23,26)/p-1/b22-11-. The van der Waals surface area contributed by atoms with E-state index >= 15 is 0 Å². The summed E-state index contributed by atoms with van der Waals surface area (Å²) in [5, 5.41) is 27.2. The summed E-state index contributed by atoms with van der Waals surface area (Å²) >= 11 is 0. The third kappa shape index (κ3) is 4.09. The van der Waals surface area contributed by atoms with Crippen LogP contribution in [-0.4, -0.2) is 23.7 Å². The van der Waals surface area contributed by atoms with E-state index in [4.69, 9.17) is 9.15 Å². The summed E-state index contributed by atoms with van der Waals surface area (Å²) in [7, 11) is 0. The van der Waals surface area contributed by atoms with Crippen LogP contribution < -0.4 is 15.3 Å². The van der Waals surface area contributed by atoms with Crippen molar-refractivity contribution in [2.24, 2.45) is 5.10 Å². The topological polar surface area (TPSA) is 130 Å². The molecule has 1 aliphatic rings. The molecule has 0 unspecified atom stereocenters. The van der Waals surface area contributed by atoms with Crippen LogP contribution >= 0.6 is 0 Å². The molecule has 1 N–H and O–H groups in total. The highest BCUT2D eigenvalue weighted by Crippen LogP contribution is 2.33. The van der Waals surface area contributed by atoms with Crippen molar-refractivity contribution in [1.82, 2.24) is 5.43 Å². The van der Waals surface area contributed by atoms with Gasteiger partial charge in [-0.05, 0) is 43.0 Å². The lowest BCUT2D eigenvalue weighted by Crippen LogP contribution is -2.24. The van der Waals surface area contributed by atoms with Crippen LogP contribution in [0.2, 0.25) is 0 Å². The molecule has 3 aromatic rings. The molecular formula is C21H18N3O6-. The molecule has 0 bridgehead atoms. The van der Waals surface area contributed by atoms with Crippen LogP contribution in [-0.2, 0) is 17.6 Å². The summed E-state index contributed by atoms with van der Waals surface area (Å²) in [5.74, 6) is 0.598. The van der Waals surface area contributed by atoms with Gasteiger partial charge in [-0.15, -0.1) is 0 Å². The number of benzene rings is 2. The fraction of sp³-hybridized carbons (Fsp3) is 0.238. The average Bonchev–Trinajstić information content (AvgIpc) is 3.11. The van der Waals surface area contributed by atoms with Crippen molar-refractivity contribution in [3.05, 3.63) is 63.4 Å². The van der Waals surface area contributed by atoms with Gasteiger partial charge in [0.15, 0.2) is 6.61 Å². The number of nitro benzene ring substituents is 1. The number of furan rings is 1. The van der Waals surface area contributed by atoms with Gasteiger partial charge in [-0.1, -0.05) is 11.8 Å². The van der Waals surface area contributed by atoms with Gasteiger partial charge in [0.2, 0.25) is 0 Å². The smallest absolute Gasteiger partial charge is 0.277 e. The quantitative estimate of drug-likeness (QED) is 0.379. The summed E-state index contributed by atoms with van der Waals surface area (Å²) < 4.78 is 11.4. The molecule has 1 aliphatic carbocycles. The van der Waals surface area contributed by atoms with E-state index in [-0.39, 0.29) is 17.9 Å². The molecule has 0 saturated carbocycles. The number of nitro groups is 1. The Balaban J connectivity index is 1.36. The second-order valence-corrected chi connectivity index (χ2v) is 6.93. The number of rotatable bonds is 6. The molecule has 1 amide bonds. The number of non-ortho nitro benzene ring substituents is 1. The lowest BCUT2D eigenvalue weighted by Gasteiger charge is -2.09. The Kier molecular flexibility index (Phi) is 5.34. The Morgan fingerprint density at radius 1 is 1.23 bits per heavy atom. The zero-order chi connectivity index (χ0) is 21.1. The third-order valence-corrected chi connectivity index (χ3v) is 4.89. The first kappa shape index (κ1) is 19.4. The van der Waals surface area contributed by atoms with Gasteiger partial charge in [0.25, 0.3) is 11.6 Å². The Hall–Kier alpha value is -3.88. The number of carbonyl (C=O) groups is 1. The molecule has 1 aromatic heterocycles. The summed E-state index contributed by atoms with van der Waals surface area (Å²) in [4.78, 5) is 22.1. The van der Waals surface area contributed by atoms with E-state index in [1.165, 1.54) is 5.56 Å². The van der Waals surface area contributed by atoms with Gasteiger partial charge in [0, 0.05) is 29.5 Å². The first-order valence-corrected chi connectivity index (χ1v) is 9.46. The van der Waals surface area contributed by atoms with Crippen LogP contribution in [0.4, 0.5) is 5.69 Å². The maximum Gasteiger partial charge on any atom is 0.277 e. The number of hydrogen-bond acceptors (Lipinski definition) is 7. The largest absolute Gasteiger partial charge is 0.872 e. The van der Waals surface area contributed by atoms with Gasteiger partial charge < -0.3 is 14.3 Å². The Morgan fingerprint density at radius 2 is 2.07 bits per heavy atom. The van der Waals surface area contributed by atoms with Crippen LogP contribution in [0.3, 0.4) is 0 Å². The van der Waals surface area contributed by atoms with Gasteiger partial charge in [-0.25, -0.2) is 5.43 Å². The number of amides is 1. The second kappa shape index (κ2) is 8.24. The fourth-order valence-corrected chi connectivity index (χ4v) is 3.44. The molecule has 0 radical (unpaired) electrons. The molecule has 2 aromatic carbocycles. The van der Waals surface area contributed by atoms with Crippen molar-refractivity contribution in [1.29, 1.82) is 0 Å². The number of ether oxygens (including phenoxy) is 1. The molecule has 154 valence electrons. The van der Waals surface area contributed by atoms with Crippen molar-refractivity contribution in [3.8, 4) is 11.5 Å². The average molecular weight is 408 g/mol. The fourth-order valence-electron chi connectivity index (χ4n) is 3.44. The first-order chi connectivity index (χ1) is 14.5. The van der Waals surface area contributed by atoms with Gasteiger partial charge in [0.1, 0.15) is 17.1 Å². The minimum absolute atomic E-state index is 0.000557. The minimum Gasteiger partial charge on any atom is -0.872 e. The Bertz CT molecular complexity index is 1150. The molecule has 0 atom stereocenters. The maximum atomic E-state index is 12.0. The minimum atomic E-state index is -0.614. The highest BCUT2D eigenvalue weighted by molar-refractivity contribution is 5.86. The molecule has 9 nitrogen and oxygen atoms in total. The number of nitrogens with zero attached hydrogens (tertiary/aromatic N) is 2. The van der Waals surface area contributed by atoms with Gasteiger partial charge in [-0.2, -0.15) is 5.10 Å². The summed E-state index contributed by atoms with van der Waals surface area (Å²) in [5.41, 5.74) is 4.03. The van der Waals surface area contributed by atoms with Crippen molar-refractivity contribution < 1.29 is 24.0 Å². The molecule has 0 saturated heterocycles.